The van der Waals surface area contributed by atoms with Gasteiger partial charge in [0.1, 0.15) is 0 Å². The largest absolute Gasteiger partial charge is 0.351 e. The zero-order valence-corrected chi connectivity index (χ0v) is 13.5. The minimum atomic E-state index is -0.259. The first-order chi connectivity index (χ1) is 11.1. The Morgan fingerprint density at radius 2 is 2.30 bits per heavy atom. The van der Waals surface area contributed by atoms with Crippen molar-refractivity contribution in [1.82, 2.24) is 30.8 Å². The lowest BCUT2D eigenvalue weighted by Gasteiger charge is -2.13. The quantitative estimate of drug-likeness (QED) is 0.788. The van der Waals surface area contributed by atoms with E-state index in [9.17, 15) is 9.59 Å². The molecule has 2 heterocycles. The lowest BCUT2D eigenvalue weighted by atomic mass is 10.2. The van der Waals surface area contributed by atoms with Crippen molar-refractivity contribution >= 4 is 23.2 Å². The normalized spacial score (nSPS) is 15.2. The van der Waals surface area contributed by atoms with Crippen LogP contribution < -0.4 is 10.6 Å². The zero-order chi connectivity index (χ0) is 16.2. The van der Waals surface area contributed by atoms with Crippen LogP contribution in [-0.2, 0) is 4.79 Å². The molecule has 2 amide bonds. The van der Waals surface area contributed by atoms with E-state index >= 15 is 0 Å². The SMILES string of the molecule is CC(NC(=O)CCNC(=O)c1ccsc1)c1nnnn1C1CC1. The van der Waals surface area contributed by atoms with Gasteiger partial charge in [-0.2, -0.15) is 11.3 Å². The monoisotopic (exact) mass is 334 g/mol. The number of thiophene rings is 1. The lowest BCUT2D eigenvalue weighted by molar-refractivity contribution is -0.121. The van der Waals surface area contributed by atoms with E-state index in [2.05, 4.69) is 26.2 Å². The van der Waals surface area contributed by atoms with Crippen molar-refractivity contribution in [2.45, 2.75) is 38.3 Å². The van der Waals surface area contributed by atoms with Gasteiger partial charge < -0.3 is 10.6 Å². The third-order valence-corrected chi connectivity index (χ3v) is 4.28. The number of nitrogens with zero attached hydrogens (tertiary/aromatic N) is 4. The van der Waals surface area contributed by atoms with Gasteiger partial charge in [-0.25, -0.2) is 4.68 Å². The van der Waals surface area contributed by atoms with Crippen LogP contribution in [0.3, 0.4) is 0 Å². The zero-order valence-electron chi connectivity index (χ0n) is 12.7. The van der Waals surface area contributed by atoms with E-state index < -0.39 is 0 Å². The first kappa shape index (κ1) is 15.6. The summed E-state index contributed by atoms with van der Waals surface area (Å²) in [5.74, 6) is 0.362. The Balaban J connectivity index is 1.43. The van der Waals surface area contributed by atoms with Crippen molar-refractivity contribution in [3.8, 4) is 0 Å². The molecular formula is C14H18N6O2S. The van der Waals surface area contributed by atoms with E-state index in [-0.39, 0.29) is 24.3 Å². The Morgan fingerprint density at radius 1 is 1.48 bits per heavy atom. The number of aromatic nitrogens is 4. The number of rotatable bonds is 7. The number of carbonyl (C=O) groups excluding carboxylic acids is 2. The van der Waals surface area contributed by atoms with E-state index in [0.717, 1.165) is 12.8 Å². The molecule has 1 atom stereocenters. The van der Waals surface area contributed by atoms with Crippen LogP contribution in [0.5, 0.6) is 0 Å². The van der Waals surface area contributed by atoms with Crippen molar-refractivity contribution in [3.05, 3.63) is 28.2 Å². The van der Waals surface area contributed by atoms with E-state index in [0.29, 0.717) is 24.0 Å². The number of tetrazole rings is 1. The molecule has 9 heteroatoms. The van der Waals surface area contributed by atoms with Crippen molar-refractivity contribution in [2.24, 2.45) is 0 Å². The van der Waals surface area contributed by atoms with Gasteiger partial charge in [0.15, 0.2) is 5.82 Å². The molecule has 8 nitrogen and oxygen atoms in total. The third-order valence-electron chi connectivity index (χ3n) is 3.60. The first-order valence-electron chi connectivity index (χ1n) is 7.52. The first-order valence-corrected chi connectivity index (χ1v) is 8.47. The van der Waals surface area contributed by atoms with Crippen molar-refractivity contribution in [2.75, 3.05) is 6.54 Å². The number of hydrogen-bond acceptors (Lipinski definition) is 6. The van der Waals surface area contributed by atoms with Gasteiger partial charge in [0.25, 0.3) is 5.91 Å². The molecule has 0 radical (unpaired) electrons. The molecule has 2 aromatic rings. The van der Waals surface area contributed by atoms with Crippen molar-refractivity contribution in [3.63, 3.8) is 0 Å². The van der Waals surface area contributed by atoms with Gasteiger partial charge in [-0.05, 0) is 41.6 Å². The Kier molecular flexibility index (Phi) is 4.65. The number of carbonyl (C=O) groups is 2. The molecule has 1 saturated carbocycles. The molecule has 2 aromatic heterocycles. The van der Waals surface area contributed by atoms with Gasteiger partial charge in [-0.3, -0.25) is 9.59 Å². The third kappa shape index (κ3) is 3.92. The molecule has 1 unspecified atom stereocenters. The molecule has 0 saturated heterocycles. The number of hydrogen-bond donors (Lipinski definition) is 2. The van der Waals surface area contributed by atoms with Gasteiger partial charge in [-0.15, -0.1) is 5.10 Å². The molecule has 0 spiro atoms. The Morgan fingerprint density at radius 3 is 3.00 bits per heavy atom. The highest BCUT2D eigenvalue weighted by Gasteiger charge is 2.29. The maximum Gasteiger partial charge on any atom is 0.252 e. The second-order valence-electron chi connectivity index (χ2n) is 5.52. The fourth-order valence-corrected chi connectivity index (χ4v) is 2.86. The average Bonchev–Trinajstić information content (AvgIpc) is 3.05. The van der Waals surface area contributed by atoms with E-state index in [1.165, 1.54) is 11.3 Å². The molecule has 1 aliphatic rings. The van der Waals surface area contributed by atoms with Crippen molar-refractivity contribution in [1.29, 1.82) is 0 Å². The summed E-state index contributed by atoms with van der Waals surface area (Å²) in [7, 11) is 0. The molecule has 23 heavy (non-hydrogen) atoms. The van der Waals surface area contributed by atoms with Crippen LogP contribution >= 0.6 is 11.3 Å². The predicted octanol–water partition coefficient (Wildman–Crippen LogP) is 1.07. The summed E-state index contributed by atoms with van der Waals surface area (Å²) in [5, 5.41) is 20.8. The van der Waals surface area contributed by atoms with E-state index in [4.69, 9.17) is 0 Å². The van der Waals surface area contributed by atoms with Gasteiger partial charge in [-0.1, -0.05) is 0 Å². The number of amides is 2. The van der Waals surface area contributed by atoms with Gasteiger partial charge in [0.2, 0.25) is 5.91 Å². The standard InChI is InChI=1S/C14H18N6O2S/c1-9(13-17-18-19-20(13)11-2-3-11)16-12(21)4-6-15-14(22)10-5-7-23-8-10/h5,7-9,11H,2-4,6H2,1H3,(H,15,22)(H,16,21). The van der Waals surface area contributed by atoms with E-state index in [1.54, 1.807) is 16.1 Å². The van der Waals surface area contributed by atoms with Gasteiger partial charge in [0, 0.05) is 23.9 Å². The van der Waals surface area contributed by atoms with Crippen LogP contribution in [-0.4, -0.2) is 38.6 Å². The summed E-state index contributed by atoms with van der Waals surface area (Å²) < 4.78 is 1.78. The second kappa shape index (κ2) is 6.86. The summed E-state index contributed by atoms with van der Waals surface area (Å²) in [6.45, 7) is 2.15. The second-order valence-corrected chi connectivity index (χ2v) is 6.30. The van der Waals surface area contributed by atoms with Gasteiger partial charge >= 0.3 is 0 Å². The highest BCUT2D eigenvalue weighted by atomic mass is 32.1. The summed E-state index contributed by atoms with van der Waals surface area (Å²) >= 11 is 1.46. The van der Waals surface area contributed by atoms with Crippen LogP contribution in [0.1, 0.15) is 54.5 Å². The van der Waals surface area contributed by atoms with Crippen LogP contribution in [0.4, 0.5) is 0 Å². The maximum atomic E-state index is 12.0. The fraction of sp³-hybridized carbons (Fsp3) is 0.500. The van der Waals surface area contributed by atoms with Crippen LogP contribution in [0.15, 0.2) is 16.8 Å². The van der Waals surface area contributed by atoms with Crippen LogP contribution in [0.25, 0.3) is 0 Å². The van der Waals surface area contributed by atoms with E-state index in [1.807, 2.05) is 12.3 Å². The Hall–Kier alpha value is -2.29. The maximum absolute atomic E-state index is 12.0. The molecule has 0 bridgehead atoms. The summed E-state index contributed by atoms with van der Waals surface area (Å²) in [4.78, 5) is 23.7. The smallest absolute Gasteiger partial charge is 0.252 e. The summed E-state index contributed by atoms with van der Waals surface area (Å²) in [5.41, 5.74) is 0.618. The molecule has 1 aliphatic carbocycles. The summed E-state index contributed by atoms with van der Waals surface area (Å²) in [6.07, 6.45) is 2.37. The molecule has 122 valence electrons. The highest BCUT2D eigenvalue weighted by molar-refractivity contribution is 7.08. The molecule has 1 fully saturated rings. The Labute approximate surface area is 137 Å². The minimum absolute atomic E-state index is 0.145. The van der Waals surface area contributed by atoms with Crippen molar-refractivity contribution < 1.29 is 9.59 Å². The van der Waals surface area contributed by atoms with Gasteiger partial charge in [0.05, 0.1) is 12.1 Å². The molecule has 0 aromatic carbocycles. The number of nitrogens with one attached hydrogen (secondary N) is 2. The Bertz CT molecular complexity index is 679. The molecule has 3 rings (SSSR count). The van der Waals surface area contributed by atoms with Crippen LogP contribution in [0.2, 0.25) is 0 Å². The highest BCUT2D eigenvalue weighted by Crippen LogP contribution is 2.35. The van der Waals surface area contributed by atoms with Crippen LogP contribution in [0, 0.1) is 0 Å². The molecule has 0 aliphatic heterocycles. The predicted molar refractivity (Wildman–Crippen MR) is 83.9 cm³/mol. The topological polar surface area (TPSA) is 102 Å². The lowest BCUT2D eigenvalue weighted by Crippen LogP contribution is -2.33. The average molecular weight is 334 g/mol. The molecule has 2 N–H and O–H groups in total. The molecular weight excluding hydrogens is 316 g/mol. The minimum Gasteiger partial charge on any atom is -0.351 e. The fourth-order valence-electron chi connectivity index (χ4n) is 2.23. The summed E-state index contributed by atoms with van der Waals surface area (Å²) in [6, 6.07) is 1.86.